The second kappa shape index (κ2) is 6.07. The van der Waals surface area contributed by atoms with E-state index in [1.54, 1.807) is 6.20 Å². The highest BCUT2D eigenvalue weighted by atomic mass is 16.3. The fraction of sp³-hybridized carbons (Fsp3) is 0.182. The van der Waals surface area contributed by atoms with Gasteiger partial charge in [-0.25, -0.2) is 4.98 Å². The zero-order chi connectivity index (χ0) is 17.5. The summed E-state index contributed by atoms with van der Waals surface area (Å²) < 4.78 is 1.94. The van der Waals surface area contributed by atoms with Crippen LogP contribution in [0, 0.1) is 0 Å². The van der Waals surface area contributed by atoms with Crippen molar-refractivity contribution < 1.29 is 5.11 Å². The van der Waals surface area contributed by atoms with Crippen LogP contribution in [-0.4, -0.2) is 19.5 Å². The summed E-state index contributed by atoms with van der Waals surface area (Å²) in [6.07, 6.45) is 8.17. The molecule has 0 spiro atoms. The topological polar surface area (TPSA) is 50.4 Å². The molecule has 3 heterocycles. The van der Waals surface area contributed by atoms with E-state index < -0.39 is 0 Å². The third kappa shape index (κ3) is 2.59. The summed E-state index contributed by atoms with van der Waals surface area (Å²) >= 11 is 0. The van der Waals surface area contributed by atoms with Crippen LogP contribution in [0.4, 0.5) is 0 Å². The zero-order valence-electron chi connectivity index (χ0n) is 14.3. The van der Waals surface area contributed by atoms with Crippen LogP contribution < -0.4 is 0 Å². The maximum atomic E-state index is 9.53. The van der Waals surface area contributed by atoms with Gasteiger partial charge < -0.3 is 9.51 Å². The molecule has 1 fully saturated rings. The third-order valence-corrected chi connectivity index (χ3v) is 5.07. The molecule has 5 rings (SSSR count). The quantitative estimate of drug-likeness (QED) is 0.597. The molecule has 4 heteroatoms. The number of aliphatic hydroxyl groups is 1. The number of rotatable bonds is 4. The van der Waals surface area contributed by atoms with Crippen LogP contribution in [0.3, 0.4) is 0 Å². The van der Waals surface area contributed by atoms with Gasteiger partial charge in [-0.2, -0.15) is 0 Å². The van der Waals surface area contributed by atoms with Gasteiger partial charge >= 0.3 is 0 Å². The van der Waals surface area contributed by atoms with Crippen LogP contribution in [0.5, 0.6) is 0 Å². The Morgan fingerprint density at radius 3 is 2.77 bits per heavy atom. The Hall–Kier alpha value is -2.98. The first-order valence-corrected chi connectivity index (χ1v) is 8.96. The van der Waals surface area contributed by atoms with E-state index in [1.165, 1.54) is 18.4 Å². The number of benzene rings is 1. The Kier molecular flexibility index (Phi) is 3.57. The fourth-order valence-corrected chi connectivity index (χ4v) is 3.53. The lowest BCUT2D eigenvalue weighted by Crippen LogP contribution is -1.95. The normalized spacial score (nSPS) is 14.0. The van der Waals surface area contributed by atoms with E-state index in [0.717, 1.165) is 39.6 Å². The SMILES string of the molecule is OCc1cnc2ccc(-c3cccnc3-c3cccc(C4CC4)c3)cn12. The van der Waals surface area contributed by atoms with Crippen molar-refractivity contribution in [1.82, 2.24) is 14.4 Å². The molecule has 4 nitrogen and oxygen atoms in total. The van der Waals surface area contributed by atoms with Gasteiger partial charge in [0.1, 0.15) is 5.65 Å². The van der Waals surface area contributed by atoms with E-state index in [4.69, 9.17) is 0 Å². The van der Waals surface area contributed by atoms with Crippen LogP contribution >= 0.6 is 0 Å². The smallest absolute Gasteiger partial charge is 0.136 e. The number of aromatic nitrogens is 3. The molecule has 1 N–H and O–H groups in total. The standard InChI is InChI=1S/C22H19N3O/c26-14-19-12-24-21-9-8-18(13-25(19)21)20-5-2-10-23-22(20)17-4-1-3-16(11-17)15-6-7-15/h1-5,8-13,15,26H,6-7,14H2. The molecule has 26 heavy (non-hydrogen) atoms. The van der Waals surface area contributed by atoms with Crippen molar-refractivity contribution in [2.24, 2.45) is 0 Å². The van der Waals surface area contributed by atoms with E-state index in [-0.39, 0.29) is 6.61 Å². The van der Waals surface area contributed by atoms with Crippen LogP contribution in [0.15, 0.2) is 67.1 Å². The first-order valence-electron chi connectivity index (χ1n) is 8.96. The molecule has 0 radical (unpaired) electrons. The maximum absolute atomic E-state index is 9.53. The van der Waals surface area contributed by atoms with Gasteiger partial charge in [-0.05, 0) is 48.6 Å². The first kappa shape index (κ1) is 15.3. The van der Waals surface area contributed by atoms with E-state index in [2.05, 4.69) is 46.4 Å². The molecule has 3 aromatic heterocycles. The second-order valence-electron chi connectivity index (χ2n) is 6.85. The van der Waals surface area contributed by atoms with Crippen LogP contribution in [0.25, 0.3) is 28.0 Å². The molecule has 0 amide bonds. The van der Waals surface area contributed by atoms with Crippen molar-refractivity contribution in [3.63, 3.8) is 0 Å². The molecular weight excluding hydrogens is 322 g/mol. The summed E-state index contributed by atoms with van der Waals surface area (Å²) in [7, 11) is 0. The largest absolute Gasteiger partial charge is 0.390 e. The Bertz CT molecular complexity index is 1100. The summed E-state index contributed by atoms with van der Waals surface area (Å²) in [6.45, 7) is -0.0338. The lowest BCUT2D eigenvalue weighted by Gasteiger charge is -2.11. The Labute approximate surface area is 151 Å². The highest BCUT2D eigenvalue weighted by molar-refractivity contribution is 5.81. The molecule has 1 aromatic carbocycles. The number of fused-ring (bicyclic) bond motifs is 1. The number of pyridine rings is 2. The Morgan fingerprint density at radius 2 is 1.92 bits per heavy atom. The van der Waals surface area contributed by atoms with E-state index in [1.807, 2.05) is 28.9 Å². The number of hydrogen-bond acceptors (Lipinski definition) is 3. The predicted molar refractivity (Wildman–Crippen MR) is 102 cm³/mol. The zero-order valence-corrected chi connectivity index (χ0v) is 14.3. The van der Waals surface area contributed by atoms with Gasteiger partial charge in [0.25, 0.3) is 0 Å². The van der Waals surface area contributed by atoms with Gasteiger partial charge in [0.15, 0.2) is 0 Å². The van der Waals surface area contributed by atoms with Crippen molar-refractivity contribution in [3.8, 4) is 22.4 Å². The molecule has 128 valence electrons. The number of aliphatic hydroxyl groups excluding tert-OH is 1. The minimum atomic E-state index is -0.0338. The average molecular weight is 341 g/mol. The molecule has 4 aromatic rings. The minimum absolute atomic E-state index is 0.0338. The molecule has 1 saturated carbocycles. The highest BCUT2D eigenvalue weighted by Crippen LogP contribution is 2.41. The molecule has 1 aliphatic rings. The predicted octanol–water partition coefficient (Wildman–Crippen LogP) is 4.43. The van der Waals surface area contributed by atoms with Gasteiger partial charge in [0, 0.05) is 29.1 Å². The molecule has 0 bridgehead atoms. The van der Waals surface area contributed by atoms with Crippen molar-refractivity contribution in [2.45, 2.75) is 25.4 Å². The van der Waals surface area contributed by atoms with Crippen LogP contribution in [-0.2, 0) is 6.61 Å². The first-order chi connectivity index (χ1) is 12.8. The van der Waals surface area contributed by atoms with Gasteiger partial charge in [-0.15, -0.1) is 0 Å². The summed E-state index contributed by atoms with van der Waals surface area (Å²) in [6, 6.07) is 16.9. The monoisotopic (exact) mass is 341 g/mol. The number of hydrogen-bond donors (Lipinski definition) is 1. The van der Waals surface area contributed by atoms with E-state index >= 15 is 0 Å². The van der Waals surface area contributed by atoms with Gasteiger partial charge in [0.2, 0.25) is 0 Å². The van der Waals surface area contributed by atoms with Gasteiger partial charge in [-0.3, -0.25) is 4.98 Å². The van der Waals surface area contributed by atoms with Crippen molar-refractivity contribution >= 4 is 5.65 Å². The minimum Gasteiger partial charge on any atom is -0.390 e. The van der Waals surface area contributed by atoms with E-state index in [0.29, 0.717) is 0 Å². The number of imidazole rings is 1. The Balaban J connectivity index is 1.65. The van der Waals surface area contributed by atoms with Gasteiger partial charge in [0.05, 0.1) is 24.2 Å². The summed E-state index contributed by atoms with van der Waals surface area (Å²) in [5.74, 6) is 0.719. The lowest BCUT2D eigenvalue weighted by atomic mass is 9.98. The highest BCUT2D eigenvalue weighted by Gasteiger charge is 2.23. The molecular formula is C22H19N3O. The maximum Gasteiger partial charge on any atom is 0.136 e. The van der Waals surface area contributed by atoms with Crippen LogP contribution in [0.1, 0.15) is 30.0 Å². The molecule has 0 aliphatic heterocycles. The molecule has 0 unspecified atom stereocenters. The van der Waals surface area contributed by atoms with Gasteiger partial charge in [-0.1, -0.05) is 24.3 Å². The molecule has 1 aliphatic carbocycles. The number of nitrogens with zero attached hydrogens (tertiary/aromatic N) is 3. The van der Waals surface area contributed by atoms with Crippen molar-refractivity contribution in [1.29, 1.82) is 0 Å². The fourth-order valence-electron chi connectivity index (χ4n) is 3.53. The second-order valence-corrected chi connectivity index (χ2v) is 6.85. The van der Waals surface area contributed by atoms with Crippen LogP contribution in [0.2, 0.25) is 0 Å². The summed E-state index contributed by atoms with van der Waals surface area (Å²) in [4.78, 5) is 9.01. The van der Waals surface area contributed by atoms with E-state index in [9.17, 15) is 5.11 Å². The van der Waals surface area contributed by atoms with Crippen molar-refractivity contribution in [2.75, 3.05) is 0 Å². The Morgan fingerprint density at radius 1 is 1.00 bits per heavy atom. The molecule has 0 atom stereocenters. The summed E-state index contributed by atoms with van der Waals surface area (Å²) in [5, 5.41) is 9.53. The third-order valence-electron chi connectivity index (χ3n) is 5.07. The average Bonchev–Trinajstić information content (AvgIpc) is 3.48. The summed E-state index contributed by atoms with van der Waals surface area (Å²) in [5.41, 5.74) is 7.30. The van der Waals surface area contributed by atoms with Crippen molar-refractivity contribution in [3.05, 3.63) is 78.4 Å². The lowest BCUT2D eigenvalue weighted by molar-refractivity contribution is 0.276. The molecule has 0 saturated heterocycles.